The number of benzene rings is 2. The van der Waals surface area contributed by atoms with E-state index in [0.717, 1.165) is 16.8 Å². The van der Waals surface area contributed by atoms with Crippen LogP contribution in [0.1, 0.15) is 5.56 Å². The van der Waals surface area contributed by atoms with Crippen molar-refractivity contribution in [3.63, 3.8) is 0 Å². The predicted molar refractivity (Wildman–Crippen MR) is 70.1 cm³/mol. The molecule has 0 saturated carbocycles. The first kappa shape index (κ1) is 13.3. The molecule has 3 rings (SSSR count). The van der Waals surface area contributed by atoms with Gasteiger partial charge in [0, 0.05) is 0 Å². The van der Waals surface area contributed by atoms with Crippen LogP contribution in [-0.4, -0.2) is 15.0 Å². The molecule has 0 amide bonds. The Morgan fingerprint density at radius 3 is 2.29 bits per heavy atom. The minimum absolute atomic E-state index is 0.228. The Balaban J connectivity index is 2.13. The number of nitrogens with zero attached hydrogens (tertiary/aromatic N) is 3. The van der Waals surface area contributed by atoms with Gasteiger partial charge in [-0.3, -0.25) is 4.79 Å². The second kappa shape index (κ2) is 4.69. The van der Waals surface area contributed by atoms with Crippen LogP contribution >= 0.6 is 0 Å². The number of alkyl halides is 3. The second-order valence-corrected chi connectivity index (χ2v) is 4.37. The van der Waals surface area contributed by atoms with Crippen molar-refractivity contribution >= 4 is 10.9 Å². The lowest BCUT2D eigenvalue weighted by molar-refractivity contribution is -0.137. The Labute approximate surface area is 116 Å². The van der Waals surface area contributed by atoms with Gasteiger partial charge in [0.2, 0.25) is 0 Å². The van der Waals surface area contributed by atoms with Crippen LogP contribution in [0.4, 0.5) is 13.2 Å². The zero-order chi connectivity index (χ0) is 15.0. The summed E-state index contributed by atoms with van der Waals surface area (Å²) < 4.78 is 38.5. The highest BCUT2D eigenvalue weighted by Crippen LogP contribution is 2.29. The van der Waals surface area contributed by atoms with E-state index in [9.17, 15) is 18.0 Å². The second-order valence-electron chi connectivity index (χ2n) is 4.37. The lowest BCUT2D eigenvalue weighted by Gasteiger charge is -2.08. The van der Waals surface area contributed by atoms with Crippen molar-refractivity contribution < 1.29 is 13.2 Å². The van der Waals surface area contributed by atoms with Gasteiger partial charge in [-0.1, -0.05) is 17.3 Å². The molecule has 3 aromatic rings. The molecular weight excluding hydrogens is 283 g/mol. The van der Waals surface area contributed by atoms with E-state index in [1.54, 1.807) is 24.3 Å². The van der Waals surface area contributed by atoms with Crippen molar-refractivity contribution in [3.8, 4) is 5.69 Å². The molecule has 0 fully saturated rings. The summed E-state index contributed by atoms with van der Waals surface area (Å²) in [6.45, 7) is 0. The van der Waals surface area contributed by atoms with Crippen LogP contribution in [0.25, 0.3) is 16.6 Å². The van der Waals surface area contributed by atoms with Crippen molar-refractivity contribution in [2.45, 2.75) is 6.18 Å². The molecular formula is C14H8F3N3O. The molecule has 0 aliphatic rings. The average molecular weight is 291 g/mol. The Bertz CT molecular complexity index is 854. The van der Waals surface area contributed by atoms with Crippen molar-refractivity contribution in [3.05, 3.63) is 64.4 Å². The third-order valence-corrected chi connectivity index (χ3v) is 3.01. The fourth-order valence-corrected chi connectivity index (χ4v) is 1.95. The summed E-state index contributed by atoms with van der Waals surface area (Å²) >= 11 is 0. The summed E-state index contributed by atoms with van der Waals surface area (Å²) in [5.74, 6) is 0. The third kappa shape index (κ3) is 2.37. The average Bonchev–Trinajstić information content (AvgIpc) is 2.47. The van der Waals surface area contributed by atoms with E-state index in [2.05, 4.69) is 10.3 Å². The van der Waals surface area contributed by atoms with Gasteiger partial charge in [0.05, 0.1) is 16.6 Å². The summed E-state index contributed by atoms with van der Waals surface area (Å²) in [5, 5.41) is 7.98. The molecule has 21 heavy (non-hydrogen) atoms. The number of aromatic nitrogens is 3. The van der Waals surface area contributed by atoms with Gasteiger partial charge in [0.25, 0.3) is 5.56 Å². The standard InChI is InChI=1S/C14H8F3N3O/c15-14(16,17)9-5-7-10(8-6-9)20-13(21)11-3-1-2-4-12(11)18-19-20/h1-8H. The number of rotatable bonds is 1. The number of fused-ring (bicyclic) bond motifs is 1. The Hall–Kier alpha value is -2.70. The molecule has 106 valence electrons. The van der Waals surface area contributed by atoms with E-state index < -0.39 is 17.3 Å². The highest BCUT2D eigenvalue weighted by atomic mass is 19.4. The molecule has 4 nitrogen and oxygen atoms in total. The summed E-state index contributed by atoms with van der Waals surface area (Å²) in [6.07, 6.45) is -4.42. The van der Waals surface area contributed by atoms with E-state index in [-0.39, 0.29) is 5.69 Å². The largest absolute Gasteiger partial charge is 0.416 e. The van der Waals surface area contributed by atoms with Gasteiger partial charge in [-0.2, -0.15) is 17.9 Å². The first-order valence-electron chi connectivity index (χ1n) is 5.99. The topological polar surface area (TPSA) is 47.8 Å². The van der Waals surface area contributed by atoms with Gasteiger partial charge >= 0.3 is 6.18 Å². The molecule has 1 heterocycles. The third-order valence-electron chi connectivity index (χ3n) is 3.01. The van der Waals surface area contributed by atoms with Crippen molar-refractivity contribution in [1.82, 2.24) is 15.0 Å². The van der Waals surface area contributed by atoms with Crippen LogP contribution in [0.5, 0.6) is 0 Å². The smallest absolute Gasteiger partial charge is 0.267 e. The zero-order valence-electron chi connectivity index (χ0n) is 10.5. The maximum absolute atomic E-state index is 12.5. The maximum Gasteiger partial charge on any atom is 0.416 e. The fourth-order valence-electron chi connectivity index (χ4n) is 1.95. The van der Waals surface area contributed by atoms with E-state index in [1.807, 2.05) is 0 Å². The number of halogens is 3. The molecule has 0 N–H and O–H groups in total. The van der Waals surface area contributed by atoms with Gasteiger partial charge < -0.3 is 0 Å². The molecule has 7 heteroatoms. The molecule has 2 aromatic carbocycles. The Kier molecular flexibility index (Phi) is 2.97. The summed E-state index contributed by atoms with van der Waals surface area (Å²) in [4.78, 5) is 12.2. The van der Waals surface area contributed by atoms with E-state index >= 15 is 0 Å². The van der Waals surface area contributed by atoms with Crippen LogP contribution in [0.2, 0.25) is 0 Å². The molecule has 0 unspecified atom stereocenters. The molecule has 0 aliphatic heterocycles. The van der Waals surface area contributed by atoms with Crippen LogP contribution in [0, 0.1) is 0 Å². The van der Waals surface area contributed by atoms with Crippen LogP contribution in [0.3, 0.4) is 0 Å². The van der Waals surface area contributed by atoms with Gasteiger partial charge in [-0.15, -0.1) is 5.10 Å². The molecule has 0 radical (unpaired) electrons. The summed E-state index contributed by atoms with van der Waals surface area (Å²) in [5.41, 5.74) is -0.551. The monoisotopic (exact) mass is 291 g/mol. The molecule has 0 saturated heterocycles. The summed E-state index contributed by atoms with van der Waals surface area (Å²) in [7, 11) is 0. The van der Waals surface area contributed by atoms with E-state index in [1.165, 1.54) is 12.1 Å². The first-order chi connectivity index (χ1) is 9.97. The van der Waals surface area contributed by atoms with Gasteiger partial charge in [-0.25, -0.2) is 0 Å². The van der Waals surface area contributed by atoms with Crippen LogP contribution in [0.15, 0.2) is 53.3 Å². The van der Waals surface area contributed by atoms with Gasteiger partial charge in [0.1, 0.15) is 5.52 Å². The minimum atomic E-state index is -4.42. The number of hydrogen-bond acceptors (Lipinski definition) is 3. The normalized spacial score (nSPS) is 11.8. The first-order valence-corrected chi connectivity index (χ1v) is 5.99. The molecule has 0 bridgehead atoms. The Morgan fingerprint density at radius 1 is 0.952 bits per heavy atom. The molecule has 1 aromatic heterocycles. The predicted octanol–water partition coefficient (Wildman–Crippen LogP) is 2.80. The number of hydrogen-bond donors (Lipinski definition) is 0. The molecule has 0 aliphatic carbocycles. The fraction of sp³-hybridized carbons (Fsp3) is 0.0714. The van der Waals surface area contributed by atoms with Crippen molar-refractivity contribution in [2.24, 2.45) is 0 Å². The van der Waals surface area contributed by atoms with Crippen LogP contribution in [-0.2, 0) is 6.18 Å². The van der Waals surface area contributed by atoms with E-state index in [4.69, 9.17) is 0 Å². The van der Waals surface area contributed by atoms with Crippen molar-refractivity contribution in [1.29, 1.82) is 0 Å². The summed E-state index contributed by atoms with van der Waals surface area (Å²) in [6, 6.07) is 10.8. The van der Waals surface area contributed by atoms with Gasteiger partial charge in [-0.05, 0) is 36.4 Å². The van der Waals surface area contributed by atoms with Crippen LogP contribution < -0.4 is 5.56 Å². The highest BCUT2D eigenvalue weighted by Gasteiger charge is 2.30. The minimum Gasteiger partial charge on any atom is -0.267 e. The molecule has 0 spiro atoms. The van der Waals surface area contributed by atoms with E-state index in [0.29, 0.717) is 10.9 Å². The zero-order valence-corrected chi connectivity index (χ0v) is 10.5. The highest BCUT2D eigenvalue weighted by molar-refractivity contribution is 5.76. The lowest BCUT2D eigenvalue weighted by atomic mass is 10.2. The van der Waals surface area contributed by atoms with Crippen molar-refractivity contribution in [2.75, 3.05) is 0 Å². The SMILES string of the molecule is O=c1c2ccccc2nnn1-c1ccc(C(F)(F)F)cc1. The Morgan fingerprint density at radius 2 is 1.62 bits per heavy atom. The lowest BCUT2D eigenvalue weighted by Crippen LogP contribution is -2.22. The van der Waals surface area contributed by atoms with Gasteiger partial charge in [0.15, 0.2) is 0 Å². The quantitative estimate of drug-likeness (QED) is 0.692. The molecule has 0 atom stereocenters. The maximum atomic E-state index is 12.5.